The maximum Gasteiger partial charge on any atom is 0.289 e. The van der Waals surface area contributed by atoms with Gasteiger partial charge in [-0.15, -0.1) is 0 Å². The van der Waals surface area contributed by atoms with Crippen molar-refractivity contribution in [1.82, 2.24) is 14.7 Å². The van der Waals surface area contributed by atoms with E-state index in [1.807, 2.05) is 0 Å². The van der Waals surface area contributed by atoms with Crippen molar-refractivity contribution in [1.29, 1.82) is 0 Å². The predicted octanol–water partition coefficient (Wildman–Crippen LogP) is 1.08. The summed E-state index contributed by atoms with van der Waals surface area (Å²) >= 11 is 0. The van der Waals surface area contributed by atoms with E-state index in [4.69, 9.17) is 0 Å². The van der Waals surface area contributed by atoms with Gasteiger partial charge in [0.15, 0.2) is 4.90 Å². The second kappa shape index (κ2) is 7.11. The van der Waals surface area contributed by atoms with Crippen molar-refractivity contribution in [2.24, 2.45) is 0 Å². The molecule has 0 unspecified atom stereocenters. The van der Waals surface area contributed by atoms with Crippen LogP contribution in [0.3, 0.4) is 0 Å². The van der Waals surface area contributed by atoms with E-state index < -0.39 is 20.6 Å². The fraction of sp³-hybridized carbons (Fsp3) is 0.231. The molecule has 9 nitrogen and oxygen atoms in total. The molecule has 2 rings (SSSR count). The van der Waals surface area contributed by atoms with Gasteiger partial charge in [0.2, 0.25) is 10.0 Å². The van der Waals surface area contributed by atoms with Gasteiger partial charge < -0.3 is 5.32 Å². The fourth-order valence-corrected chi connectivity index (χ4v) is 3.04. The number of benzene rings is 1. The monoisotopic (exact) mass is 337 g/mol. The maximum atomic E-state index is 12.2. The highest BCUT2D eigenvalue weighted by molar-refractivity contribution is 7.89. The first-order chi connectivity index (χ1) is 10.9. The van der Waals surface area contributed by atoms with Crippen molar-refractivity contribution in [3.63, 3.8) is 0 Å². The number of hydrogen-bond donors (Lipinski definition) is 2. The van der Waals surface area contributed by atoms with E-state index in [1.54, 1.807) is 13.1 Å². The molecule has 0 aliphatic carbocycles. The first kappa shape index (κ1) is 16.8. The molecule has 23 heavy (non-hydrogen) atoms. The molecule has 1 aromatic carbocycles. The Hall–Kier alpha value is -2.59. The molecule has 0 spiro atoms. The molecule has 0 aliphatic heterocycles. The van der Waals surface area contributed by atoms with Crippen molar-refractivity contribution < 1.29 is 13.3 Å². The van der Waals surface area contributed by atoms with Gasteiger partial charge in [-0.05, 0) is 13.0 Å². The summed E-state index contributed by atoms with van der Waals surface area (Å²) in [5.74, 6) is 0.523. The number of nitro groups is 1. The third-order valence-corrected chi connectivity index (χ3v) is 4.34. The van der Waals surface area contributed by atoms with Gasteiger partial charge >= 0.3 is 0 Å². The lowest BCUT2D eigenvalue weighted by molar-refractivity contribution is -0.387. The number of rotatable bonds is 7. The van der Waals surface area contributed by atoms with E-state index in [9.17, 15) is 18.5 Å². The average Bonchev–Trinajstić information content (AvgIpc) is 2.52. The third kappa shape index (κ3) is 4.44. The Morgan fingerprint density at radius 2 is 1.96 bits per heavy atom. The fourth-order valence-electron chi connectivity index (χ4n) is 1.84. The summed E-state index contributed by atoms with van der Waals surface area (Å²) < 4.78 is 26.6. The number of nitrogens with one attached hydrogen (secondary N) is 2. The zero-order valence-electron chi connectivity index (χ0n) is 12.3. The number of aryl methyl sites for hydroxylation is 1. The molecule has 0 bridgehead atoms. The summed E-state index contributed by atoms with van der Waals surface area (Å²) in [7, 11) is -3.97. The summed E-state index contributed by atoms with van der Waals surface area (Å²) in [6.45, 7) is 2.09. The Kier molecular flexibility index (Phi) is 5.19. The standard InChI is InChI=1S/C13H15N5O4S/c1-10-8-14-9-13(17-10)15-6-7-16-23(21,22)12-5-3-2-4-11(12)18(19)20/h2-5,8-9,16H,6-7H2,1H3,(H,15,17). The Balaban J connectivity index is 1.98. The normalized spacial score (nSPS) is 11.2. The van der Waals surface area contributed by atoms with E-state index in [1.165, 1.54) is 24.4 Å². The molecular weight excluding hydrogens is 322 g/mol. The molecule has 0 atom stereocenters. The van der Waals surface area contributed by atoms with Crippen LogP contribution in [0.2, 0.25) is 0 Å². The van der Waals surface area contributed by atoms with E-state index in [0.717, 1.165) is 11.8 Å². The zero-order chi connectivity index (χ0) is 16.9. The van der Waals surface area contributed by atoms with Crippen LogP contribution in [0.25, 0.3) is 0 Å². The smallest absolute Gasteiger partial charge is 0.289 e. The summed E-state index contributed by atoms with van der Waals surface area (Å²) in [6, 6.07) is 5.19. The topological polar surface area (TPSA) is 127 Å². The van der Waals surface area contributed by atoms with Crippen LogP contribution in [0.5, 0.6) is 0 Å². The summed E-state index contributed by atoms with van der Waals surface area (Å²) in [5.41, 5.74) is 0.271. The average molecular weight is 337 g/mol. The Bertz CT molecular complexity index is 810. The molecule has 1 heterocycles. The zero-order valence-corrected chi connectivity index (χ0v) is 13.1. The van der Waals surface area contributed by atoms with Gasteiger partial charge in [-0.3, -0.25) is 15.1 Å². The molecular formula is C13H15N5O4S. The summed E-state index contributed by atoms with van der Waals surface area (Å²) in [5, 5.41) is 13.8. The number of nitro benzene ring substituents is 1. The predicted molar refractivity (Wildman–Crippen MR) is 83.5 cm³/mol. The van der Waals surface area contributed by atoms with Crippen LogP contribution < -0.4 is 10.0 Å². The van der Waals surface area contributed by atoms with Gasteiger partial charge in [-0.2, -0.15) is 0 Å². The lowest BCUT2D eigenvalue weighted by Crippen LogP contribution is -2.29. The highest BCUT2D eigenvalue weighted by Crippen LogP contribution is 2.22. The van der Waals surface area contributed by atoms with Gasteiger partial charge in [-0.25, -0.2) is 18.1 Å². The minimum absolute atomic E-state index is 0.0456. The van der Waals surface area contributed by atoms with Gasteiger partial charge in [0.05, 0.1) is 16.8 Å². The summed E-state index contributed by atoms with van der Waals surface area (Å²) in [6.07, 6.45) is 3.12. The second-order valence-corrected chi connectivity index (χ2v) is 6.33. The van der Waals surface area contributed by atoms with Crippen molar-refractivity contribution in [2.75, 3.05) is 18.4 Å². The number of aromatic nitrogens is 2. The van der Waals surface area contributed by atoms with Gasteiger partial charge in [0.1, 0.15) is 5.82 Å². The van der Waals surface area contributed by atoms with Crippen LogP contribution in [0, 0.1) is 17.0 Å². The first-order valence-corrected chi connectivity index (χ1v) is 8.14. The molecule has 0 saturated carbocycles. The van der Waals surface area contributed by atoms with Crippen molar-refractivity contribution in [3.8, 4) is 0 Å². The molecule has 0 saturated heterocycles. The van der Waals surface area contributed by atoms with Gasteiger partial charge in [-0.1, -0.05) is 12.1 Å². The van der Waals surface area contributed by atoms with Crippen LogP contribution in [0.1, 0.15) is 5.69 Å². The molecule has 0 aliphatic rings. The van der Waals surface area contributed by atoms with Crippen molar-refractivity contribution >= 4 is 21.5 Å². The molecule has 0 amide bonds. The van der Waals surface area contributed by atoms with Crippen molar-refractivity contribution in [3.05, 3.63) is 52.5 Å². The van der Waals surface area contributed by atoms with E-state index in [0.29, 0.717) is 5.82 Å². The minimum Gasteiger partial charge on any atom is -0.367 e. The molecule has 10 heteroatoms. The highest BCUT2D eigenvalue weighted by Gasteiger charge is 2.24. The second-order valence-electron chi connectivity index (χ2n) is 4.60. The molecule has 122 valence electrons. The van der Waals surface area contributed by atoms with Crippen LogP contribution in [0.4, 0.5) is 11.5 Å². The van der Waals surface area contributed by atoms with Gasteiger partial charge in [0.25, 0.3) is 5.69 Å². The molecule has 0 fully saturated rings. The van der Waals surface area contributed by atoms with E-state index in [-0.39, 0.29) is 18.0 Å². The van der Waals surface area contributed by atoms with E-state index in [2.05, 4.69) is 20.0 Å². The molecule has 0 radical (unpaired) electrons. The number of sulfonamides is 1. The Morgan fingerprint density at radius 3 is 2.65 bits per heavy atom. The number of hydrogen-bond acceptors (Lipinski definition) is 7. The van der Waals surface area contributed by atoms with Crippen LogP contribution in [-0.2, 0) is 10.0 Å². The molecule has 1 aromatic heterocycles. The number of nitrogens with zero attached hydrogens (tertiary/aromatic N) is 3. The quantitative estimate of drug-likeness (QED) is 0.439. The number of para-hydroxylation sites is 1. The van der Waals surface area contributed by atoms with E-state index >= 15 is 0 Å². The first-order valence-electron chi connectivity index (χ1n) is 6.66. The van der Waals surface area contributed by atoms with Gasteiger partial charge in [0, 0.05) is 25.4 Å². The highest BCUT2D eigenvalue weighted by atomic mass is 32.2. The third-order valence-electron chi connectivity index (χ3n) is 2.83. The summed E-state index contributed by atoms with van der Waals surface area (Å²) in [4.78, 5) is 17.9. The molecule has 2 aromatic rings. The van der Waals surface area contributed by atoms with Crippen LogP contribution >= 0.6 is 0 Å². The number of anilines is 1. The molecule has 2 N–H and O–H groups in total. The SMILES string of the molecule is Cc1cncc(NCCNS(=O)(=O)c2ccccc2[N+](=O)[O-])n1. The maximum absolute atomic E-state index is 12.2. The van der Waals surface area contributed by atoms with Crippen molar-refractivity contribution in [2.45, 2.75) is 11.8 Å². The lowest BCUT2D eigenvalue weighted by atomic mass is 10.3. The minimum atomic E-state index is -3.97. The lowest BCUT2D eigenvalue weighted by Gasteiger charge is -2.08. The largest absolute Gasteiger partial charge is 0.367 e. The Morgan fingerprint density at radius 1 is 1.22 bits per heavy atom. The van der Waals surface area contributed by atoms with Crippen LogP contribution in [0.15, 0.2) is 41.6 Å². The Labute approximate surface area is 133 Å². The van der Waals surface area contributed by atoms with Crippen LogP contribution in [-0.4, -0.2) is 36.4 Å².